The van der Waals surface area contributed by atoms with E-state index in [-0.39, 0.29) is 5.78 Å². The van der Waals surface area contributed by atoms with Crippen LogP contribution < -0.4 is 0 Å². The predicted octanol–water partition coefficient (Wildman–Crippen LogP) is 5.70. The van der Waals surface area contributed by atoms with Gasteiger partial charge < -0.3 is 9.67 Å². The number of aromatic nitrogens is 1. The van der Waals surface area contributed by atoms with Crippen molar-refractivity contribution in [1.29, 1.82) is 0 Å². The van der Waals surface area contributed by atoms with Crippen molar-refractivity contribution in [2.45, 2.75) is 37.0 Å². The van der Waals surface area contributed by atoms with Crippen LogP contribution in [0.1, 0.15) is 40.5 Å². The van der Waals surface area contributed by atoms with Gasteiger partial charge in [0.2, 0.25) is 5.78 Å². The molecule has 0 aliphatic carbocycles. The van der Waals surface area contributed by atoms with E-state index in [2.05, 4.69) is 6.08 Å². The summed E-state index contributed by atoms with van der Waals surface area (Å²) in [5.74, 6) is -0.787. The first-order valence-corrected chi connectivity index (χ1v) is 10.7. The van der Waals surface area contributed by atoms with Crippen molar-refractivity contribution in [2.24, 2.45) is 0 Å². The summed E-state index contributed by atoms with van der Waals surface area (Å²) >= 11 is 1.33. The molecule has 0 bridgehead atoms. The highest BCUT2D eigenvalue weighted by molar-refractivity contribution is 8.00. The van der Waals surface area contributed by atoms with E-state index in [0.717, 1.165) is 22.4 Å². The first-order valence-electron chi connectivity index (χ1n) is 9.86. The van der Waals surface area contributed by atoms with Gasteiger partial charge in [0.05, 0.1) is 5.69 Å². The van der Waals surface area contributed by atoms with Gasteiger partial charge in [0, 0.05) is 23.2 Å². The highest BCUT2D eigenvalue weighted by atomic mass is 32.2. The molecule has 1 atom stereocenters. The second kappa shape index (κ2) is 10.1. The third kappa shape index (κ3) is 5.74. The fourth-order valence-corrected chi connectivity index (χ4v) is 3.92. The molecular formula is C25H25NO3S. The molecular weight excluding hydrogens is 394 g/mol. The maximum atomic E-state index is 12.8. The van der Waals surface area contributed by atoms with Crippen LogP contribution in [0.3, 0.4) is 0 Å². The average molecular weight is 420 g/mol. The van der Waals surface area contributed by atoms with Gasteiger partial charge >= 0.3 is 5.97 Å². The number of carbonyl (C=O) groups excluding carboxylic acids is 1. The maximum Gasteiger partial charge on any atom is 0.316 e. The fourth-order valence-electron chi connectivity index (χ4n) is 3.05. The van der Waals surface area contributed by atoms with Crippen molar-refractivity contribution in [3.63, 3.8) is 0 Å². The molecule has 0 spiro atoms. The van der Waals surface area contributed by atoms with E-state index in [0.29, 0.717) is 17.8 Å². The summed E-state index contributed by atoms with van der Waals surface area (Å²) in [6.45, 7) is 4.40. The number of aliphatic carboxylic acids is 1. The number of aryl methyl sites for hydroxylation is 2. The number of carbonyl (C=O) groups is 2. The van der Waals surface area contributed by atoms with Crippen LogP contribution in [-0.2, 0) is 11.3 Å². The lowest BCUT2D eigenvalue weighted by molar-refractivity contribution is -0.136. The monoisotopic (exact) mass is 419 g/mol. The molecule has 0 aliphatic rings. The average Bonchev–Trinajstić information content (AvgIpc) is 3.20. The highest BCUT2D eigenvalue weighted by Crippen LogP contribution is 2.24. The van der Waals surface area contributed by atoms with Crippen LogP contribution in [0.15, 0.2) is 77.8 Å². The van der Waals surface area contributed by atoms with Gasteiger partial charge in [0.1, 0.15) is 5.25 Å². The second-order valence-corrected chi connectivity index (χ2v) is 8.56. The Morgan fingerprint density at radius 1 is 1.10 bits per heavy atom. The first-order chi connectivity index (χ1) is 14.4. The molecule has 3 aromatic rings. The van der Waals surface area contributed by atoms with E-state index < -0.39 is 11.2 Å². The molecule has 1 unspecified atom stereocenters. The van der Waals surface area contributed by atoms with Crippen LogP contribution in [0.4, 0.5) is 0 Å². The number of allylic oxidation sites excluding steroid dienone is 1. The highest BCUT2D eigenvalue weighted by Gasteiger charge is 2.13. The molecule has 1 N–H and O–H groups in total. The van der Waals surface area contributed by atoms with Crippen LogP contribution in [0.2, 0.25) is 0 Å². The van der Waals surface area contributed by atoms with Crippen molar-refractivity contribution in [3.8, 4) is 0 Å². The number of thioether (sulfide) groups is 1. The molecule has 5 heteroatoms. The molecule has 1 heterocycles. The van der Waals surface area contributed by atoms with E-state index in [4.69, 9.17) is 5.11 Å². The molecule has 30 heavy (non-hydrogen) atoms. The Morgan fingerprint density at radius 3 is 2.60 bits per heavy atom. The number of carboxylic acids is 1. The van der Waals surface area contributed by atoms with Crippen LogP contribution in [0.5, 0.6) is 0 Å². The Balaban J connectivity index is 1.60. The molecule has 2 aromatic carbocycles. The molecule has 0 amide bonds. The first kappa shape index (κ1) is 21.7. The zero-order valence-corrected chi connectivity index (χ0v) is 17.9. The Morgan fingerprint density at radius 2 is 1.87 bits per heavy atom. The van der Waals surface area contributed by atoms with Gasteiger partial charge in [0.15, 0.2) is 0 Å². The lowest BCUT2D eigenvalue weighted by Gasteiger charge is -2.08. The SMILES string of the molecule is Cc1ccc(C(=O)c2cccn2CCC=Cc2cccc(SC(C)C(=O)O)c2)cc1. The zero-order chi connectivity index (χ0) is 21.5. The third-order valence-corrected chi connectivity index (χ3v) is 5.82. The van der Waals surface area contributed by atoms with E-state index in [9.17, 15) is 9.59 Å². The van der Waals surface area contributed by atoms with Crippen molar-refractivity contribution >= 4 is 29.6 Å². The second-order valence-electron chi connectivity index (χ2n) is 7.14. The van der Waals surface area contributed by atoms with Gasteiger partial charge in [-0.2, -0.15) is 0 Å². The molecule has 0 fully saturated rings. The number of hydrogen-bond acceptors (Lipinski definition) is 3. The Labute approximate surface area is 181 Å². The lowest BCUT2D eigenvalue weighted by Crippen LogP contribution is -2.10. The number of rotatable bonds is 9. The van der Waals surface area contributed by atoms with Crippen molar-refractivity contribution < 1.29 is 14.7 Å². The van der Waals surface area contributed by atoms with Gasteiger partial charge in [-0.3, -0.25) is 9.59 Å². The van der Waals surface area contributed by atoms with Gasteiger partial charge in [-0.15, -0.1) is 11.8 Å². The third-order valence-electron chi connectivity index (χ3n) is 4.74. The largest absolute Gasteiger partial charge is 0.480 e. The van der Waals surface area contributed by atoms with Crippen LogP contribution in [0.25, 0.3) is 6.08 Å². The Kier molecular flexibility index (Phi) is 7.31. The summed E-state index contributed by atoms with van der Waals surface area (Å²) in [6, 6.07) is 19.2. The zero-order valence-electron chi connectivity index (χ0n) is 17.1. The number of hydrogen-bond donors (Lipinski definition) is 1. The Bertz CT molecular complexity index is 1050. The molecule has 4 nitrogen and oxygen atoms in total. The number of carboxylic acid groups (broad SMARTS) is 1. The summed E-state index contributed by atoms with van der Waals surface area (Å²) in [6.07, 6.45) is 6.82. The minimum Gasteiger partial charge on any atom is -0.480 e. The molecule has 0 aliphatic heterocycles. The van der Waals surface area contributed by atoms with Gasteiger partial charge in [-0.25, -0.2) is 0 Å². The van der Waals surface area contributed by atoms with Crippen LogP contribution >= 0.6 is 11.8 Å². The molecule has 3 rings (SSSR count). The summed E-state index contributed by atoms with van der Waals surface area (Å²) in [4.78, 5) is 24.7. The van der Waals surface area contributed by atoms with Crippen molar-refractivity contribution in [2.75, 3.05) is 0 Å². The fraction of sp³-hybridized carbons (Fsp3) is 0.200. The lowest BCUT2D eigenvalue weighted by atomic mass is 10.1. The van der Waals surface area contributed by atoms with Gasteiger partial charge in [0.25, 0.3) is 0 Å². The normalized spacial score (nSPS) is 12.2. The van der Waals surface area contributed by atoms with E-state index in [1.807, 2.05) is 84.4 Å². The predicted molar refractivity (Wildman–Crippen MR) is 122 cm³/mol. The molecule has 154 valence electrons. The van der Waals surface area contributed by atoms with Crippen molar-refractivity contribution in [1.82, 2.24) is 4.57 Å². The van der Waals surface area contributed by atoms with Crippen molar-refractivity contribution in [3.05, 3.63) is 95.3 Å². The number of benzene rings is 2. The molecule has 0 saturated carbocycles. The molecule has 1 aromatic heterocycles. The quantitative estimate of drug-likeness (QED) is 0.357. The summed E-state index contributed by atoms with van der Waals surface area (Å²) in [5.41, 5.74) is 3.54. The summed E-state index contributed by atoms with van der Waals surface area (Å²) in [5, 5.41) is 8.58. The minimum atomic E-state index is -0.816. The molecule has 0 radical (unpaired) electrons. The summed E-state index contributed by atoms with van der Waals surface area (Å²) in [7, 11) is 0. The van der Waals surface area contributed by atoms with Crippen LogP contribution in [0, 0.1) is 6.92 Å². The molecule has 0 saturated heterocycles. The summed E-state index contributed by atoms with van der Waals surface area (Å²) < 4.78 is 1.98. The Hall–Kier alpha value is -3.05. The number of ketones is 1. The topological polar surface area (TPSA) is 59.3 Å². The standard InChI is InChI=1S/C25H25NO3S/c1-18-11-13-21(14-12-18)24(27)23-10-6-16-26(23)15-4-3-7-20-8-5-9-22(17-20)30-19(2)25(28)29/h3,5-14,16-17,19H,4,15H2,1-2H3,(H,28,29). The smallest absolute Gasteiger partial charge is 0.316 e. The van der Waals surface area contributed by atoms with Crippen LogP contribution in [-0.4, -0.2) is 26.7 Å². The van der Waals surface area contributed by atoms with E-state index >= 15 is 0 Å². The minimum absolute atomic E-state index is 0.0289. The van der Waals surface area contributed by atoms with E-state index in [1.54, 1.807) is 6.92 Å². The van der Waals surface area contributed by atoms with E-state index in [1.165, 1.54) is 11.8 Å². The maximum absolute atomic E-state index is 12.8. The van der Waals surface area contributed by atoms with Gasteiger partial charge in [-0.1, -0.05) is 54.1 Å². The van der Waals surface area contributed by atoms with Gasteiger partial charge in [-0.05, 0) is 50.1 Å². The number of nitrogens with zero attached hydrogens (tertiary/aromatic N) is 1.